The van der Waals surface area contributed by atoms with E-state index in [1.165, 1.54) is 11.1 Å². The Morgan fingerprint density at radius 1 is 1.59 bits per heavy atom. The van der Waals surface area contributed by atoms with E-state index in [0.29, 0.717) is 23.7 Å². The predicted molar refractivity (Wildman–Crippen MR) is 59.6 cm³/mol. The molecule has 6 heteroatoms. The van der Waals surface area contributed by atoms with Crippen molar-refractivity contribution in [1.82, 2.24) is 15.1 Å². The number of aliphatic carboxylic acids is 1. The summed E-state index contributed by atoms with van der Waals surface area (Å²) >= 11 is 0. The number of aromatic amines is 1. The summed E-state index contributed by atoms with van der Waals surface area (Å²) < 4.78 is 0. The number of rotatable bonds is 5. The fourth-order valence-electron chi connectivity index (χ4n) is 1.73. The summed E-state index contributed by atoms with van der Waals surface area (Å²) in [4.78, 5) is 24.3. The van der Waals surface area contributed by atoms with Gasteiger partial charge in [-0.25, -0.2) is 0 Å². The Balaban J connectivity index is 2.10. The fourth-order valence-corrected chi connectivity index (χ4v) is 1.73. The fraction of sp³-hybridized carbons (Fsp3) is 0.545. The van der Waals surface area contributed by atoms with Crippen LogP contribution in [0.4, 0.5) is 0 Å². The molecule has 6 nitrogen and oxygen atoms in total. The van der Waals surface area contributed by atoms with Crippen molar-refractivity contribution in [3.05, 3.63) is 17.5 Å². The Hall–Kier alpha value is -1.85. The van der Waals surface area contributed by atoms with Crippen LogP contribution in [0.2, 0.25) is 0 Å². The highest BCUT2D eigenvalue weighted by molar-refractivity contribution is 5.96. The van der Waals surface area contributed by atoms with E-state index in [4.69, 9.17) is 5.11 Å². The maximum Gasteiger partial charge on any atom is 0.323 e. The maximum atomic E-state index is 12.1. The van der Waals surface area contributed by atoms with Crippen molar-refractivity contribution in [3.8, 4) is 0 Å². The van der Waals surface area contributed by atoms with Crippen LogP contribution in [0.1, 0.15) is 28.9 Å². The molecule has 1 amide bonds. The second-order valence-electron chi connectivity index (χ2n) is 4.43. The van der Waals surface area contributed by atoms with Gasteiger partial charge in [-0.1, -0.05) is 0 Å². The first-order chi connectivity index (χ1) is 8.08. The molecular formula is C11H15N3O3. The van der Waals surface area contributed by atoms with Crippen molar-refractivity contribution in [1.29, 1.82) is 0 Å². The van der Waals surface area contributed by atoms with Crippen LogP contribution in [-0.4, -0.2) is 45.2 Å². The molecule has 1 aliphatic carbocycles. The molecule has 0 bridgehead atoms. The summed E-state index contributed by atoms with van der Waals surface area (Å²) in [6.45, 7) is 2.02. The van der Waals surface area contributed by atoms with E-state index in [1.54, 1.807) is 6.92 Å². The van der Waals surface area contributed by atoms with Gasteiger partial charge in [0.2, 0.25) is 0 Å². The Labute approximate surface area is 98.6 Å². The Morgan fingerprint density at radius 3 is 2.76 bits per heavy atom. The van der Waals surface area contributed by atoms with Crippen molar-refractivity contribution in [2.45, 2.75) is 19.8 Å². The number of carboxylic acid groups (broad SMARTS) is 1. The molecule has 0 atom stereocenters. The summed E-state index contributed by atoms with van der Waals surface area (Å²) in [7, 11) is 0. The van der Waals surface area contributed by atoms with Gasteiger partial charge < -0.3 is 10.0 Å². The van der Waals surface area contributed by atoms with Gasteiger partial charge in [-0.05, 0) is 25.7 Å². The molecular weight excluding hydrogens is 222 g/mol. The first-order valence-electron chi connectivity index (χ1n) is 5.59. The summed E-state index contributed by atoms with van der Waals surface area (Å²) in [5, 5.41) is 15.3. The molecule has 1 heterocycles. The normalized spacial score (nSPS) is 14.6. The second-order valence-corrected chi connectivity index (χ2v) is 4.43. The number of nitrogens with one attached hydrogen (secondary N) is 1. The van der Waals surface area contributed by atoms with Crippen molar-refractivity contribution < 1.29 is 14.7 Å². The summed E-state index contributed by atoms with van der Waals surface area (Å²) in [5.74, 6) is -0.781. The third-order valence-corrected chi connectivity index (χ3v) is 2.85. The highest BCUT2D eigenvalue weighted by Gasteiger charge is 2.29. The minimum absolute atomic E-state index is 0.250. The number of hydrogen-bond donors (Lipinski definition) is 2. The maximum absolute atomic E-state index is 12.1. The number of carboxylic acids is 1. The van der Waals surface area contributed by atoms with Crippen LogP contribution in [-0.2, 0) is 4.79 Å². The lowest BCUT2D eigenvalue weighted by atomic mass is 10.2. The lowest BCUT2D eigenvalue weighted by molar-refractivity contribution is -0.137. The molecule has 92 valence electrons. The van der Waals surface area contributed by atoms with Crippen LogP contribution in [0.5, 0.6) is 0 Å². The van der Waals surface area contributed by atoms with Gasteiger partial charge in [0.15, 0.2) is 0 Å². The van der Waals surface area contributed by atoms with E-state index in [1.807, 2.05) is 0 Å². The first-order valence-corrected chi connectivity index (χ1v) is 5.59. The van der Waals surface area contributed by atoms with Crippen LogP contribution in [0.15, 0.2) is 6.20 Å². The van der Waals surface area contributed by atoms with Crippen LogP contribution in [0.3, 0.4) is 0 Å². The smallest absolute Gasteiger partial charge is 0.323 e. The van der Waals surface area contributed by atoms with E-state index < -0.39 is 5.97 Å². The Morgan fingerprint density at radius 2 is 2.29 bits per heavy atom. The molecule has 2 rings (SSSR count). The van der Waals surface area contributed by atoms with Crippen molar-refractivity contribution >= 4 is 11.9 Å². The number of hydrogen-bond acceptors (Lipinski definition) is 3. The van der Waals surface area contributed by atoms with E-state index in [0.717, 1.165) is 12.8 Å². The number of nitrogens with zero attached hydrogens (tertiary/aromatic N) is 2. The van der Waals surface area contributed by atoms with Crippen molar-refractivity contribution in [3.63, 3.8) is 0 Å². The number of aryl methyl sites for hydroxylation is 1. The quantitative estimate of drug-likeness (QED) is 0.787. The summed E-state index contributed by atoms with van der Waals surface area (Å²) in [6, 6.07) is 0. The average Bonchev–Trinajstić information content (AvgIpc) is 2.97. The van der Waals surface area contributed by atoms with Crippen LogP contribution >= 0.6 is 0 Å². The number of carbonyl (C=O) groups is 2. The van der Waals surface area contributed by atoms with E-state index in [9.17, 15) is 9.59 Å². The van der Waals surface area contributed by atoms with E-state index in [-0.39, 0.29) is 12.5 Å². The zero-order chi connectivity index (χ0) is 12.4. The molecule has 1 aromatic rings. The predicted octanol–water partition coefficient (Wildman–Crippen LogP) is 0.655. The molecule has 0 radical (unpaired) electrons. The Bertz CT molecular complexity index is 437. The SMILES string of the molecule is Cc1[nH]ncc1C(=O)N(CC(=O)O)CC1CC1. The molecule has 0 aliphatic heterocycles. The zero-order valence-corrected chi connectivity index (χ0v) is 9.64. The second kappa shape index (κ2) is 4.57. The number of carbonyl (C=O) groups excluding carboxylic acids is 1. The first kappa shape index (κ1) is 11.6. The van der Waals surface area contributed by atoms with Crippen molar-refractivity contribution in [2.24, 2.45) is 5.92 Å². The molecule has 0 aromatic carbocycles. The van der Waals surface area contributed by atoms with Gasteiger partial charge in [0.05, 0.1) is 11.8 Å². The highest BCUT2D eigenvalue weighted by Crippen LogP contribution is 2.30. The van der Waals surface area contributed by atoms with Gasteiger partial charge in [0, 0.05) is 12.2 Å². The van der Waals surface area contributed by atoms with Crippen molar-refractivity contribution in [2.75, 3.05) is 13.1 Å². The zero-order valence-electron chi connectivity index (χ0n) is 9.64. The van der Waals surface area contributed by atoms with Gasteiger partial charge >= 0.3 is 5.97 Å². The number of amides is 1. The third-order valence-electron chi connectivity index (χ3n) is 2.85. The monoisotopic (exact) mass is 237 g/mol. The summed E-state index contributed by atoms with van der Waals surface area (Å²) in [6.07, 6.45) is 3.60. The molecule has 0 spiro atoms. The molecule has 1 saturated carbocycles. The molecule has 0 saturated heterocycles. The van der Waals surface area contributed by atoms with Crippen LogP contribution in [0, 0.1) is 12.8 Å². The van der Waals surface area contributed by atoms with Gasteiger partial charge in [-0.3, -0.25) is 14.7 Å². The molecule has 1 aliphatic rings. The van der Waals surface area contributed by atoms with E-state index in [2.05, 4.69) is 10.2 Å². The van der Waals surface area contributed by atoms with Gasteiger partial charge in [0.1, 0.15) is 6.54 Å². The topological polar surface area (TPSA) is 86.3 Å². The molecule has 2 N–H and O–H groups in total. The highest BCUT2D eigenvalue weighted by atomic mass is 16.4. The lowest BCUT2D eigenvalue weighted by Crippen LogP contribution is -2.37. The summed E-state index contributed by atoms with van der Waals surface area (Å²) in [5.41, 5.74) is 1.12. The lowest BCUT2D eigenvalue weighted by Gasteiger charge is -2.20. The van der Waals surface area contributed by atoms with Gasteiger partial charge in [0.25, 0.3) is 5.91 Å². The largest absolute Gasteiger partial charge is 0.480 e. The molecule has 17 heavy (non-hydrogen) atoms. The third kappa shape index (κ3) is 2.83. The number of H-pyrrole nitrogens is 1. The molecule has 0 unspecified atom stereocenters. The van der Waals surface area contributed by atoms with Crippen LogP contribution < -0.4 is 0 Å². The molecule has 1 aromatic heterocycles. The molecule has 1 fully saturated rings. The minimum atomic E-state index is -0.986. The minimum Gasteiger partial charge on any atom is -0.480 e. The Kier molecular flexibility index (Phi) is 3.12. The number of aromatic nitrogens is 2. The van der Waals surface area contributed by atoms with Crippen LogP contribution in [0.25, 0.3) is 0 Å². The van der Waals surface area contributed by atoms with Gasteiger partial charge in [-0.2, -0.15) is 5.10 Å². The van der Waals surface area contributed by atoms with Gasteiger partial charge in [-0.15, -0.1) is 0 Å². The standard InChI is InChI=1S/C11H15N3O3/c1-7-9(4-12-13-7)11(17)14(6-10(15)16)5-8-2-3-8/h4,8H,2-3,5-6H2,1H3,(H,12,13)(H,15,16). The van der Waals surface area contributed by atoms with E-state index >= 15 is 0 Å². The average molecular weight is 237 g/mol.